The molecule has 0 amide bonds. The molecule has 3 nitrogen and oxygen atoms in total. The Morgan fingerprint density at radius 1 is 1.38 bits per heavy atom. The third kappa shape index (κ3) is 4.51. The van der Waals surface area contributed by atoms with Crippen LogP contribution in [0.1, 0.15) is 81.0 Å². The Hall–Kier alpha value is -0.450. The maximum atomic E-state index is 5.91. The first-order valence-electron chi connectivity index (χ1n) is 8.50. The molecule has 1 aliphatic rings. The molecule has 1 aliphatic carbocycles. The highest BCUT2D eigenvalue weighted by atomic mass is 32.1. The molecule has 2 unspecified atom stereocenters. The second-order valence-electron chi connectivity index (χ2n) is 6.25. The highest BCUT2D eigenvalue weighted by Gasteiger charge is 2.27. The van der Waals surface area contributed by atoms with Crippen molar-refractivity contribution in [2.45, 2.75) is 77.9 Å². The van der Waals surface area contributed by atoms with Crippen LogP contribution in [0.5, 0.6) is 0 Å². The van der Waals surface area contributed by atoms with Crippen LogP contribution in [0.15, 0.2) is 0 Å². The average molecular weight is 311 g/mol. The van der Waals surface area contributed by atoms with E-state index in [2.05, 4.69) is 33.0 Å². The number of aromatic nitrogens is 1. The molecule has 0 fully saturated rings. The molecule has 0 aromatic carbocycles. The summed E-state index contributed by atoms with van der Waals surface area (Å²) in [6, 6.07) is 0.546. The molecule has 1 heterocycles. The number of rotatable bonds is 8. The van der Waals surface area contributed by atoms with Crippen molar-refractivity contribution < 1.29 is 4.74 Å². The van der Waals surface area contributed by atoms with E-state index in [9.17, 15) is 0 Å². The van der Waals surface area contributed by atoms with Gasteiger partial charge in [0.25, 0.3) is 0 Å². The topological polar surface area (TPSA) is 34.1 Å². The SMILES string of the molecule is CCCC(OCC)c1nc2c(s1)CCCC2CNC(C)C. The molecule has 0 radical (unpaired) electrons. The van der Waals surface area contributed by atoms with Crippen molar-refractivity contribution in [3.63, 3.8) is 0 Å². The smallest absolute Gasteiger partial charge is 0.122 e. The van der Waals surface area contributed by atoms with E-state index in [1.54, 1.807) is 0 Å². The van der Waals surface area contributed by atoms with Crippen LogP contribution in [0.2, 0.25) is 0 Å². The zero-order valence-corrected chi connectivity index (χ0v) is 14.8. The molecule has 0 saturated carbocycles. The fraction of sp³-hybridized carbons (Fsp3) is 0.824. The minimum Gasteiger partial charge on any atom is -0.371 e. The van der Waals surface area contributed by atoms with Crippen molar-refractivity contribution >= 4 is 11.3 Å². The number of thiazole rings is 1. The summed E-state index contributed by atoms with van der Waals surface area (Å²) in [6.07, 6.45) is 6.20. The summed E-state index contributed by atoms with van der Waals surface area (Å²) in [5, 5.41) is 4.79. The molecule has 2 atom stereocenters. The van der Waals surface area contributed by atoms with Gasteiger partial charge in [0.05, 0.1) is 5.69 Å². The van der Waals surface area contributed by atoms with Gasteiger partial charge in [-0.15, -0.1) is 11.3 Å². The second-order valence-corrected chi connectivity index (χ2v) is 7.36. The Balaban J connectivity index is 2.13. The van der Waals surface area contributed by atoms with Gasteiger partial charge in [-0.2, -0.15) is 0 Å². The van der Waals surface area contributed by atoms with Crippen LogP contribution in [0.3, 0.4) is 0 Å². The molecule has 0 saturated heterocycles. The maximum absolute atomic E-state index is 5.91. The first-order valence-corrected chi connectivity index (χ1v) is 9.31. The van der Waals surface area contributed by atoms with E-state index >= 15 is 0 Å². The average Bonchev–Trinajstić information content (AvgIpc) is 2.89. The van der Waals surface area contributed by atoms with Crippen molar-refractivity contribution in [1.29, 1.82) is 0 Å². The summed E-state index contributed by atoms with van der Waals surface area (Å²) in [5.41, 5.74) is 1.36. The largest absolute Gasteiger partial charge is 0.371 e. The van der Waals surface area contributed by atoms with Gasteiger partial charge in [-0.1, -0.05) is 27.2 Å². The Morgan fingerprint density at radius 3 is 2.86 bits per heavy atom. The summed E-state index contributed by atoms with van der Waals surface area (Å²) in [6.45, 7) is 10.5. The van der Waals surface area contributed by atoms with Gasteiger partial charge in [-0.25, -0.2) is 4.98 Å². The maximum Gasteiger partial charge on any atom is 0.122 e. The lowest BCUT2D eigenvalue weighted by molar-refractivity contribution is 0.0554. The zero-order valence-electron chi connectivity index (χ0n) is 13.9. The van der Waals surface area contributed by atoms with Crippen LogP contribution < -0.4 is 5.32 Å². The molecule has 120 valence electrons. The van der Waals surface area contributed by atoms with Gasteiger partial charge >= 0.3 is 0 Å². The zero-order chi connectivity index (χ0) is 15.2. The van der Waals surface area contributed by atoms with Crippen LogP contribution in [-0.4, -0.2) is 24.2 Å². The highest BCUT2D eigenvalue weighted by Crippen LogP contribution is 2.38. The number of ether oxygens (including phenoxy) is 1. The number of nitrogens with zero attached hydrogens (tertiary/aromatic N) is 1. The van der Waals surface area contributed by atoms with Gasteiger partial charge in [-0.3, -0.25) is 0 Å². The fourth-order valence-corrected chi connectivity index (χ4v) is 4.26. The molecule has 2 rings (SSSR count). The van der Waals surface area contributed by atoms with Gasteiger partial charge in [-0.05, 0) is 32.6 Å². The van der Waals surface area contributed by atoms with Crippen molar-refractivity contribution in [3.05, 3.63) is 15.6 Å². The molecule has 1 N–H and O–H groups in total. The van der Waals surface area contributed by atoms with Crippen molar-refractivity contribution in [3.8, 4) is 0 Å². The van der Waals surface area contributed by atoms with Gasteiger partial charge in [0.2, 0.25) is 0 Å². The summed E-state index contributed by atoms with van der Waals surface area (Å²) in [7, 11) is 0. The Kier molecular flexibility index (Phi) is 6.65. The summed E-state index contributed by atoms with van der Waals surface area (Å²) in [5.74, 6) is 0.588. The summed E-state index contributed by atoms with van der Waals surface area (Å²) >= 11 is 1.90. The van der Waals surface area contributed by atoms with Crippen LogP contribution in [0, 0.1) is 0 Å². The van der Waals surface area contributed by atoms with Crippen LogP contribution in [0.4, 0.5) is 0 Å². The standard InChI is InChI=1S/C17H30N2OS/c1-5-8-14(20-6-2)17-19-16-13(11-18-12(3)4)9-7-10-15(16)21-17/h12-14,18H,5-11H2,1-4H3. The molecule has 21 heavy (non-hydrogen) atoms. The normalized spacial score (nSPS) is 19.8. The van der Waals surface area contributed by atoms with E-state index < -0.39 is 0 Å². The van der Waals surface area contributed by atoms with Gasteiger partial charge < -0.3 is 10.1 Å². The molecule has 4 heteroatoms. The Labute approximate surface area is 133 Å². The lowest BCUT2D eigenvalue weighted by Gasteiger charge is -2.22. The Bertz CT molecular complexity index is 424. The number of hydrogen-bond acceptors (Lipinski definition) is 4. The van der Waals surface area contributed by atoms with Crippen molar-refractivity contribution in [2.24, 2.45) is 0 Å². The number of fused-ring (bicyclic) bond motifs is 1. The molecule has 0 spiro atoms. The van der Waals surface area contributed by atoms with Gasteiger partial charge in [0.15, 0.2) is 0 Å². The molecule has 0 aliphatic heterocycles. The summed E-state index contributed by atoms with van der Waals surface area (Å²) in [4.78, 5) is 6.51. The quantitative estimate of drug-likeness (QED) is 0.771. The third-order valence-electron chi connectivity index (χ3n) is 4.05. The molecule has 1 aromatic heterocycles. The fourth-order valence-electron chi connectivity index (χ4n) is 2.98. The van der Waals surface area contributed by atoms with Crippen LogP contribution >= 0.6 is 11.3 Å². The minimum absolute atomic E-state index is 0.203. The first-order chi connectivity index (χ1) is 10.2. The predicted molar refractivity (Wildman–Crippen MR) is 90.2 cm³/mol. The van der Waals surface area contributed by atoms with Crippen molar-refractivity contribution in [1.82, 2.24) is 10.3 Å². The number of hydrogen-bond donors (Lipinski definition) is 1. The first kappa shape index (κ1) is 16.9. The van der Waals surface area contributed by atoms with E-state index in [1.165, 1.54) is 34.8 Å². The van der Waals surface area contributed by atoms with E-state index in [4.69, 9.17) is 9.72 Å². The van der Waals surface area contributed by atoms with E-state index in [0.29, 0.717) is 12.0 Å². The second kappa shape index (κ2) is 8.25. The van der Waals surface area contributed by atoms with E-state index in [1.807, 2.05) is 11.3 Å². The van der Waals surface area contributed by atoms with Crippen molar-refractivity contribution in [2.75, 3.05) is 13.2 Å². The van der Waals surface area contributed by atoms with Crippen LogP contribution in [0.25, 0.3) is 0 Å². The molecular weight excluding hydrogens is 280 g/mol. The molecular formula is C17H30N2OS. The van der Waals surface area contributed by atoms with Gasteiger partial charge in [0, 0.05) is 30.0 Å². The lowest BCUT2D eigenvalue weighted by atomic mass is 9.91. The van der Waals surface area contributed by atoms with E-state index in [-0.39, 0.29) is 6.10 Å². The minimum atomic E-state index is 0.203. The third-order valence-corrected chi connectivity index (χ3v) is 5.28. The van der Waals surface area contributed by atoms with E-state index in [0.717, 1.165) is 26.0 Å². The van der Waals surface area contributed by atoms with Crippen LogP contribution in [-0.2, 0) is 11.2 Å². The monoisotopic (exact) mass is 310 g/mol. The van der Waals surface area contributed by atoms with Gasteiger partial charge in [0.1, 0.15) is 11.1 Å². The lowest BCUT2D eigenvalue weighted by Crippen LogP contribution is -2.29. The number of aryl methyl sites for hydroxylation is 1. The highest BCUT2D eigenvalue weighted by molar-refractivity contribution is 7.11. The molecule has 1 aromatic rings. The number of nitrogens with one attached hydrogen (secondary N) is 1. The molecule has 0 bridgehead atoms. The predicted octanol–water partition coefficient (Wildman–Crippen LogP) is 4.44. The summed E-state index contributed by atoms with van der Waals surface area (Å²) < 4.78 is 5.91. The Morgan fingerprint density at radius 2 is 2.19 bits per heavy atom.